The summed E-state index contributed by atoms with van der Waals surface area (Å²) in [4.78, 5) is 14.6. The van der Waals surface area contributed by atoms with E-state index in [9.17, 15) is 4.79 Å². The van der Waals surface area contributed by atoms with Crippen LogP contribution >= 0.6 is 0 Å². The van der Waals surface area contributed by atoms with E-state index in [0.29, 0.717) is 19.0 Å². The van der Waals surface area contributed by atoms with E-state index in [4.69, 9.17) is 9.84 Å². The minimum Gasteiger partial charge on any atom is -0.479 e. The van der Waals surface area contributed by atoms with Crippen molar-refractivity contribution in [2.24, 2.45) is 0 Å². The van der Waals surface area contributed by atoms with E-state index in [1.165, 1.54) is 0 Å². The fourth-order valence-electron chi connectivity index (χ4n) is 1.27. The molecule has 5 heteroatoms. The number of ether oxygens (including phenoxy) is 1. The average molecular weight is 168 g/mol. The van der Waals surface area contributed by atoms with E-state index in [1.54, 1.807) is 17.0 Å². The third-order valence-corrected chi connectivity index (χ3v) is 1.82. The number of hydrogen-bond donors (Lipinski definition) is 1. The van der Waals surface area contributed by atoms with Crippen LogP contribution in [0, 0.1) is 0 Å². The smallest absolute Gasteiger partial charge is 0.340 e. The van der Waals surface area contributed by atoms with Crippen LogP contribution in [0.4, 0.5) is 0 Å². The molecule has 0 spiro atoms. The highest BCUT2D eigenvalue weighted by atomic mass is 16.5. The van der Waals surface area contributed by atoms with Gasteiger partial charge in [-0.3, -0.25) is 0 Å². The summed E-state index contributed by atoms with van der Waals surface area (Å²) in [6.07, 6.45) is 2.45. The Morgan fingerprint density at radius 1 is 1.83 bits per heavy atom. The van der Waals surface area contributed by atoms with Gasteiger partial charge >= 0.3 is 5.97 Å². The second kappa shape index (κ2) is 2.60. The van der Waals surface area contributed by atoms with Crippen molar-refractivity contribution in [3.63, 3.8) is 0 Å². The molecular formula is C7H8N2O3. The number of imidazole rings is 1. The number of aliphatic carboxylic acids is 1. The summed E-state index contributed by atoms with van der Waals surface area (Å²) in [5, 5.41) is 8.73. The summed E-state index contributed by atoms with van der Waals surface area (Å²) in [6.45, 7) is 1.11. The van der Waals surface area contributed by atoms with Crippen LogP contribution in [0.25, 0.3) is 0 Å². The maximum Gasteiger partial charge on any atom is 0.340 e. The zero-order valence-electron chi connectivity index (χ0n) is 6.30. The number of hydrogen-bond acceptors (Lipinski definition) is 3. The standard InChI is InChI=1S/C7H8N2O3/c10-7(11)5-6-8-1-2-9(6)3-4-12-5/h1-2,5H,3-4H2,(H,10,11). The van der Waals surface area contributed by atoms with Crippen molar-refractivity contribution in [2.75, 3.05) is 6.61 Å². The van der Waals surface area contributed by atoms with Crippen LogP contribution in [0.2, 0.25) is 0 Å². The van der Waals surface area contributed by atoms with E-state index in [2.05, 4.69) is 4.98 Å². The lowest BCUT2D eigenvalue weighted by molar-refractivity contribution is -0.153. The number of carbonyl (C=O) groups is 1. The van der Waals surface area contributed by atoms with Crippen molar-refractivity contribution in [1.29, 1.82) is 0 Å². The Hall–Kier alpha value is -1.36. The van der Waals surface area contributed by atoms with Crippen molar-refractivity contribution >= 4 is 5.97 Å². The fraction of sp³-hybridized carbons (Fsp3) is 0.429. The molecular weight excluding hydrogens is 160 g/mol. The Morgan fingerprint density at radius 2 is 2.67 bits per heavy atom. The van der Waals surface area contributed by atoms with Gasteiger partial charge in [-0.15, -0.1) is 0 Å². The number of carboxylic acid groups (broad SMARTS) is 1. The lowest BCUT2D eigenvalue weighted by Gasteiger charge is -2.20. The monoisotopic (exact) mass is 168 g/mol. The maximum atomic E-state index is 10.6. The number of fused-ring (bicyclic) bond motifs is 1. The first-order chi connectivity index (χ1) is 5.79. The van der Waals surface area contributed by atoms with Crippen LogP contribution in [-0.4, -0.2) is 27.2 Å². The molecule has 5 nitrogen and oxygen atoms in total. The van der Waals surface area contributed by atoms with E-state index in [1.807, 2.05) is 0 Å². The first-order valence-corrected chi connectivity index (χ1v) is 3.64. The van der Waals surface area contributed by atoms with Crippen LogP contribution in [-0.2, 0) is 16.1 Å². The van der Waals surface area contributed by atoms with Crippen molar-refractivity contribution < 1.29 is 14.6 Å². The highest BCUT2D eigenvalue weighted by Gasteiger charge is 2.28. The average Bonchev–Trinajstić information content (AvgIpc) is 2.49. The summed E-state index contributed by atoms with van der Waals surface area (Å²) in [5.41, 5.74) is 0. The van der Waals surface area contributed by atoms with Crippen LogP contribution in [0.15, 0.2) is 12.4 Å². The van der Waals surface area contributed by atoms with Gasteiger partial charge in [-0.25, -0.2) is 9.78 Å². The Bertz CT molecular complexity index is 307. The molecule has 2 rings (SSSR count). The SMILES string of the molecule is O=C(O)C1OCCn2ccnc21. The van der Waals surface area contributed by atoms with Gasteiger partial charge in [0, 0.05) is 18.9 Å². The molecule has 64 valence electrons. The maximum absolute atomic E-state index is 10.6. The summed E-state index contributed by atoms with van der Waals surface area (Å²) >= 11 is 0. The van der Waals surface area contributed by atoms with Gasteiger partial charge in [0.1, 0.15) is 5.82 Å². The number of carboxylic acids is 1. The van der Waals surface area contributed by atoms with Gasteiger partial charge in [-0.05, 0) is 0 Å². The summed E-state index contributed by atoms with van der Waals surface area (Å²) in [7, 11) is 0. The molecule has 1 aromatic heterocycles. The predicted octanol–water partition coefficient (Wildman–Crippen LogP) is 0.0390. The second-order valence-electron chi connectivity index (χ2n) is 2.57. The first kappa shape index (κ1) is 7.30. The molecule has 0 radical (unpaired) electrons. The molecule has 0 amide bonds. The highest BCUT2D eigenvalue weighted by Crippen LogP contribution is 2.19. The Labute approximate surface area is 68.6 Å². The van der Waals surface area contributed by atoms with Crippen LogP contribution < -0.4 is 0 Å². The predicted molar refractivity (Wildman–Crippen MR) is 38.6 cm³/mol. The highest BCUT2D eigenvalue weighted by molar-refractivity contribution is 5.73. The topological polar surface area (TPSA) is 64.3 Å². The number of aromatic nitrogens is 2. The molecule has 1 atom stereocenters. The van der Waals surface area contributed by atoms with Crippen molar-refractivity contribution in [1.82, 2.24) is 9.55 Å². The van der Waals surface area contributed by atoms with Gasteiger partial charge in [0.25, 0.3) is 0 Å². The van der Waals surface area contributed by atoms with Gasteiger partial charge in [0.05, 0.1) is 6.61 Å². The molecule has 12 heavy (non-hydrogen) atoms. The van der Waals surface area contributed by atoms with Gasteiger partial charge < -0.3 is 14.4 Å². The summed E-state index contributed by atoms with van der Waals surface area (Å²) in [5.74, 6) is -0.504. The van der Waals surface area contributed by atoms with Crippen LogP contribution in [0.5, 0.6) is 0 Å². The molecule has 2 heterocycles. The van der Waals surface area contributed by atoms with Gasteiger partial charge in [-0.1, -0.05) is 0 Å². The van der Waals surface area contributed by atoms with E-state index < -0.39 is 12.1 Å². The molecule has 0 aliphatic carbocycles. The third-order valence-electron chi connectivity index (χ3n) is 1.82. The minimum absolute atomic E-state index is 0.431. The Balaban J connectivity index is 2.37. The molecule has 0 aromatic carbocycles. The molecule has 0 saturated carbocycles. The lowest BCUT2D eigenvalue weighted by Crippen LogP contribution is -2.26. The first-order valence-electron chi connectivity index (χ1n) is 3.64. The molecule has 1 unspecified atom stereocenters. The normalized spacial score (nSPS) is 21.8. The fourth-order valence-corrected chi connectivity index (χ4v) is 1.27. The second-order valence-corrected chi connectivity index (χ2v) is 2.57. The van der Waals surface area contributed by atoms with Crippen molar-refractivity contribution in [3.8, 4) is 0 Å². The molecule has 0 saturated heterocycles. The quantitative estimate of drug-likeness (QED) is 0.643. The van der Waals surface area contributed by atoms with Crippen LogP contribution in [0.3, 0.4) is 0 Å². The summed E-state index contributed by atoms with van der Waals surface area (Å²) in [6, 6.07) is 0. The van der Waals surface area contributed by atoms with Crippen molar-refractivity contribution in [2.45, 2.75) is 12.6 Å². The molecule has 1 N–H and O–H groups in total. The van der Waals surface area contributed by atoms with E-state index in [0.717, 1.165) is 0 Å². The minimum atomic E-state index is -0.984. The molecule has 1 aliphatic rings. The number of nitrogens with zero attached hydrogens (tertiary/aromatic N) is 2. The largest absolute Gasteiger partial charge is 0.479 e. The summed E-state index contributed by atoms with van der Waals surface area (Å²) < 4.78 is 6.84. The molecule has 1 aliphatic heterocycles. The van der Waals surface area contributed by atoms with Crippen molar-refractivity contribution in [3.05, 3.63) is 18.2 Å². The molecule has 0 bridgehead atoms. The van der Waals surface area contributed by atoms with E-state index >= 15 is 0 Å². The molecule has 0 fully saturated rings. The van der Waals surface area contributed by atoms with Crippen LogP contribution in [0.1, 0.15) is 11.9 Å². The van der Waals surface area contributed by atoms with Gasteiger partial charge in [0.15, 0.2) is 0 Å². The van der Waals surface area contributed by atoms with Gasteiger partial charge in [0.2, 0.25) is 6.10 Å². The zero-order valence-corrected chi connectivity index (χ0v) is 6.30. The Morgan fingerprint density at radius 3 is 3.42 bits per heavy atom. The third kappa shape index (κ3) is 0.984. The molecule has 1 aromatic rings. The van der Waals surface area contributed by atoms with E-state index in [-0.39, 0.29) is 0 Å². The number of rotatable bonds is 1. The Kier molecular flexibility index (Phi) is 1.58. The van der Waals surface area contributed by atoms with Gasteiger partial charge in [-0.2, -0.15) is 0 Å². The lowest BCUT2D eigenvalue weighted by atomic mass is 10.3. The zero-order chi connectivity index (χ0) is 8.55.